The average Bonchev–Trinajstić information content (AvgIpc) is 3.09. The predicted octanol–water partition coefficient (Wildman–Crippen LogP) is 3.34. The molecule has 0 saturated carbocycles. The van der Waals surface area contributed by atoms with E-state index < -0.39 is 29.1 Å². The van der Waals surface area contributed by atoms with Gasteiger partial charge >= 0.3 is 6.03 Å². The number of halogens is 2. The first-order valence-corrected chi connectivity index (χ1v) is 8.76. The molecule has 0 unspecified atom stereocenters. The number of aromatic nitrogens is 1. The van der Waals surface area contributed by atoms with Gasteiger partial charge in [-0.15, -0.1) is 11.3 Å². The van der Waals surface area contributed by atoms with Crippen LogP contribution >= 0.6 is 11.3 Å². The number of hydrogen-bond donors (Lipinski definition) is 1. The Morgan fingerprint density at radius 2 is 2.08 bits per heavy atom. The molecule has 1 aliphatic heterocycles. The van der Waals surface area contributed by atoms with Crippen molar-refractivity contribution in [3.63, 3.8) is 0 Å². The van der Waals surface area contributed by atoms with Crippen molar-refractivity contribution in [2.45, 2.75) is 38.8 Å². The Labute approximate surface area is 147 Å². The summed E-state index contributed by atoms with van der Waals surface area (Å²) in [5.41, 5.74) is -1.25. The van der Waals surface area contributed by atoms with Crippen molar-refractivity contribution in [1.82, 2.24) is 15.2 Å². The van der Waals surface area contributed by atoms with Crippen molar-refractivity contribution in [3.8, 4) is 0 Å². The first-order valence-electron chi connectivity index (χ1n) is 7.88. The van der Waals surface area contributed by atoms with Gasteiger partial charge < -0.3 is 5.32 Å². The Morgan fingerprint density at radius 1 is 1.32 bits per heavy atom. The molecule has 1 saturated heterocycles. The van der Waals surface area contributed by atoms with E-state index in [0.717, 1.165) is 40.9 Å². The fourth-order valence-electron chi connectivity index (χ4n) is 2.82. The number of carbonyl (C=O) groups is 2. The van der Waals surface area contributed by atoms with Gasteiger partial charge in [-0.3, -0.25) is 9.69 Å². The van der Waals surface area contributed by atoms with Crippen LogP contribution in [0.4, 0.5) is 13.6 Å². The molecule has 1 N–H and O–H groups in total. The quantitative estimate of drug-likeness (QED) is 0.827. The summed E-state index contributed by atoms with van der Waals surface area (Å²) < 4.78 is 27.6. The highest BCUT2D eigenvalue weighted by Crippen LogP contribution is 2.32. The largest absolute Gasteiger partial charge is 0.325 e. The van der Waals surface area contributed by atoms with Gasteiger partial charge in [0.25, 0.3) is 5.91 Å². The van der Waals surface area contributed by atoms with Crippen LogP contribution in [-0.4, -0.2) is 21.8 Å². The van der Waals surface area contributed by atoms with E-state index in [1.807, 2.05) is 6.92 Å². The number of rotatable bonds is 5. The molecule has 2 aromatic rings. The fraction of sp³-hybridized carbons (Fsp3) is 0.353. The summed E-state index contributed by atoms with van der Waals surface area (Å²) in [7, 11) is 0. The van der Waals surface area contributed by atoms with Crippen LogP contribution in [0.15, 0.2) is 23.6 Å². The van der Waals surface area contributed by atoms with Gasteiger partial charge in [-0.2, -0.15) is 0 Å². The summed E-state index contributed by atoms with van der Waals surface area (Å²) in [5, 5.41) is 5.20. The third-order valence-corrected chi connectivity index (χ3v) is 5.08. The molecule has 0 bridgehead atoms. The van der Waals surface area contributed by atoms with E-state index >= 15 is 0 Å². The Morgan fingerprint density at radius 3 is 2.80 bits per heavy atom. The van der Waals surface area contributed by atoms with Crippen LogP contribution in [0.25, 0.3) is 0 Å². The van der Waals surface area contributed by atoms with Gasteiger partial charge in [0.15, 0.2) is 0 Å². The lowest BCUT2D eigenvalue weighted by Crippen LogP contribution is -2.41. The number of benzene rings is 1. The molecular weight excluding hydrogens is 348 g/mol. The number of hydrogen-bond acceptors (Lipinski definition) is 4. The maximum atomic E-state index is 14.1. The van der Waals surface area contributed by atoms with Crippen molar-refractivity contribution in [1.29, 1.82) is 0 Å². The Hall–Kier alpha value is -2.35. The smallest absolute Gasteiger partial charge is 0.319 e. The number of urea groups is 1. The Bertz CT molecular complexity index is 839. The van der Waals surface area contributed by atoms with E-state index in [2.05, 4.69) is 10.3 Å². The van der Waals surface area contributed by atoms with E-state index in [1.165, 1.54) is 18.3 Å². The van der Waals surface area contributed by atoms with Gasteiger partial charge in [0.1, 0.15) is 17.2 Å². The highest BCUT2D eigenvalue weighted by molar-refractivity contribution is 7.09. The minimum atomic E-state index is -1.65. The minimum Gasteiger partial charge on any atom is -0.319 e. The third-order valence-electron chi connectivity index (χ3n) is 4.13. The normalized spacial score (nSPS) is 20.2. The van der Waals surface area contributed by atoms with Gasteiger partial charge in [0.05, 0.1) is 17.2 Å². The lowest BCUT2D eigenvalue weighted by atomic mass is 9.91. The SMILES string of the molecule is CCCc1nc(CN2C(=O)N[C@@](C)(c3cc(F)ccc3F)C2=O)cs1. The molecule has 5 nitrogen and oxygen atoms in total. The van der Waals surface area contributed by atoms with Crippen LogP contribution in [0.3, 0.4) is 0 Å². The van der Waals surface area contributed by atoms with Crippen molar-refractivity contribution in [2.75, 3.05) is 0 Å². The zero-order valence-electron chi connectivity index (χ0n) is 13.8. The molecule has 1 aromatic heterocycles. The van der Waals surface area contributed by atoms with Gasteiger partial charge in [0.2, 0.25) is 0 Å². The molecule has 132 valence electrons. The Kier molecular flexibility index (Phi) is 4.55. The molecule has 0 radical (unpaired) electrons. The summed E-state index contributed by atoms with van der Waals surface area (Å²) in [4.78, 5) is 30.4. The molecule has 3 amide bonds. The molecule has 3 rings (SSSR count). The predicted molar refractivity (Wildman–Crippen MR) is 88.9 cm³/mol. The molecular formula is C17H17F2N3O2S. The lowest BCUT2D eigenvalue weighted by Gasteiger charge is -2.22. The van der Waals surface area contributed by atoms with Crippen LogP contribution in [0.1, 0.15) is 36.5 Å². The molecule has 1 fully saturated rings. The third kappa shape index (κ3) is 3.13. The van der Waals surface area contributed by atoms with Crippen LogP contribution in [0, 0.1) is 11.6 Å². The zero-order chi connectivity index (χ0) is 18.2. The molecule has 8 heteroatoms. The van der Waals surface area contributed by atoms with Crippen LogP contribution in [-0.2, 0) is 23.3 Å². The first-order chi connectivity index (χ1) is 11.8. The molecule has 0 spiro atoms. The number of amides is 3. The van der Waals surface area contributed by atoms with E-state index in [9.17, 15) is 18.4 Å². The number of aryl methyl sites for hydroxylation is 1. The lowest BCUT2D eigenvalue weighted by molar-refractivity contribution is -0.131. The molecule has 1 atom stereocenters. The second-order valence-electron chi connectivity index (χ2n) is 6.05. The maximum absolute atomic E-state index is 14.1. The van der Waals surface area contributed by atoms with E-state index in [0.29, 0.717) is 5.69 Å². The fourth-order valence-corrected chi connectivity index (χ4v) is 3.71. The second kappa shape index (κ2) is 6.51. The topological polar surface area (TPSA) is 62.3 Å². The van der Waals surface area contributed by atoms with Crippen LogP contribution < -0.4 is 5.32 Å². The highest BCUT2D eigenvalue weighted by atomic mass is 32.1. The maximum Gasteiger partial charge on any atom is 0.325 e. The first kappa shape index (κ1) is 17.5. The number of imide groups is 1. The number of nitrogens with zero attached hydrogens (tertiary/aromatic N) is 2. The summed E-state index contributed by atoms with van der Waals surface area (Å²) >= 11 is 1.47. The van der Waals surface area contributed by atoms with E-state index in [-0.39, 0.29) is 12.1 Å². The second-order valence-corrected chi connectivity index (χ2v) is 7.00. The van der Waals surface area contributed by atoms with Gasteiger partial charge in [-0.25, -0.2) is 18.6 Å². The van der Waals surface area contributed by atoms with Gasteiger partial charge in [-0.1, -0.05) is 6.92 Å². The Balaban J connectivity index is 1.87. The number of nitrogens with one attached hydrogen (secondary N) is 1. The standard InChI is InChI=1S/C17H17F2N3O2S/c1-3-4-14-20-11(9-25-14)8-22-15(23)17(2,21-16(22)24)12-7-10(18)5-6-13(12)19/h5-7,9H,3-4,8H2,1-2H3,(H,21,24)/t17-/m0/s1. The summed E-state index contributed by atoms with van der Waals surface area (Å²) in [6.07, 6.45) is 1.78. The average molecular weight is 365 g/mol. The van der Waals surface area contributed by atoms with Crippen molar-refractivity contribution in [3.05, 3.63) is 51.5 Å². The van der Waals surface area contributed by atoms with Gasteiger partial charge in [-0.05, 0) is 38.0 Å². The molecule has 25 heavy (non-hydrogen) atoms. The van der Waals surface area contributed by atoms with Crippen LogP contribution in [0.5, 0.6) is 0 Å². The molecule has 1 aliphatic rings. The molecule has 0 aliphatic carbocycles. The molecule has 2 heterocycles. The highest BCUT2D eigenvalue weighted by Gasteiger charge is 2.50. The zero-order valence-corrected chi connectivity index (χ0v) is 14.6. The van der Waals surface area contributed by atoms with Crippen LogP contribution in [0.2, 0.25) is 0 Å². The number of carbonyl (C=O) groups excluding carboxylic acids is 2. The minimum absolute atomic E-state index is 0.00257. The van der Waals surface area contributed by atoms with E-state index in [1.54, 1.807) is 5.38 Å². The summed E-state index contributed by atoms with van der Waals surface area (Å²) in [6, 6.07) is 2.18. The summed E-state index contributed by atoms with van der Waals surface area (Å²) in [5.74, 6) is -2.06. The molecule has 1 aromatic carbocycles. The van der Waals surface area contributed by atoms with E-state index in [4.69, 9.17) is 0 Å². The van der Waals surface area contributed by atoms with Crippen molar-refractivity contribution in [2.24, 2.45) is 0 Å². The van der Waals surface area contributed by atoms with Crippen molar-refractivity contribution < 1.29 is 18.4 Å². The number of thiazole rings is 1. The van der Waals surface area contributed by atoms with Crippen molar-refractivity contribution >= 4 is 23.3 Å². The van der Waals surface area contributed by atoms with Gasteiger partial charge in [0, 0.05) is 10.9 Å². The summed E-state index contributed by atoms with van der Waals surface area (Å²) in [6.45, 7) is 3.41. The monoisotopic (exact) mass is 365 g/mol.